The second-order valence-electron chi connectivity index (χ2n) is 7.75. The van der Waals surface area contributed by atoms with E-state index >= 15 is 0 Å². The van der Waals surface area contributed by atoms with E-state index in [0.717, 1.165) is 17.0 Å². The summed E-state index contributed by atoms with van der Waals surface area (Å²) < 4.78 is 5.30. The molecule has 2 aliphatic heterocycles. The second-order valence-corrected chi connectivity index (χ2v) is 7.75. The number of likely N-dealkylation sites (tertiary alicyclic amines) is 1. The third-order valence-corrected chi connectivity index (χ3v) is 4.73. The summed E-state index contributed by atoms with van der Waals surface area (Å²) in [6.45, 7) is 7.24. The van der Waals surface area contributed by atoms with Crippen LogP contribution in [0, 0.1) is 5.41 Å². The summed E-state index contributed by atoms with van der Waals surface area (Å²) >= 11 is 0. The highest BCUT2D eigenvalue weighted by Crippen LogP contribution is 2.45. The van der Waals surface area contributed by atoms with Crippen LogP contribution in [0.25, 0.3) is 0 Å². The maximum absolute atomic E-state index is 12.6. The SMILES string of the molecule is COc1ccc2c(c1)C1(CCN(C(=O)CC(C)(C)C)C1)C(=O)N2. The van der Waals surface area contributed by atoms with Gasteiger partial charge in [-0.2, -0.15) is 0 Å². The van der Waals surface area contributed by atoms with Crippen LogP contribution in [0.15, 0.2) is 18.2 Å². The van der Waals surface area contributed by atoms with Crippen LogP contribution in [0.1, 0.15) is 39.2 Å². The molecule has 0 aliphatic carbocycles. The van der Waals surface area contributed by atoms with Crippen LogP contribution in [0.2, 0.25) is 0 Å². The maximum atomic E-state index is 12.6. The van der Waals surface area contributed by atoms with E-state index in [1.54, 1.807) is 7.11 Å². The first-order chi connectivity index (χ1) is 10.7. The summed E-state index contributed by atoms with van der Waals surface area (Å²) in [7, 11) is 1.62. The molecule has 1 N–H and O–H groups in total. The number of carbonyl (C=O) groups is 2. The smallest absolute Gasteiger partial charge is 0.237 e. The van der Waals surface area contributed by atoms with Crippen LogP contribution in [0.5, 0.6) is 5.75 Å². The molecular weight excluding hydrogens is 292 g/mol. The number of benzene rings is 1. The Kier molecular flexibility index (Phi) is 3.62. The molecule has 0 bridgehead atoms. The van der Waals surface area contributed by atoms with E-state index in [-0.39, 0.29) is 17.2 Å². The van der Waals surface area contributed by atoms with Gasteiger partial charge in [-0.3, -0.25) is 9.59 Å². The fourth-order valence-electron chi connectivity index (χ4n) is 3.51. The molecule has 124 valence electrons. The summed E-state index contributed by atoms with van der Waals surface area (Å²) in [6.07, 6.45) is 1.16. The lowest BCUT2D eigenvalue weighted by Crippen LogP contribution is -2.40. The van der Waals surface area contributed by atoms with Crippen molar-refractivity contribution < 1.29 is 14.3 Å². The van der Waals surface area contributed by atoms with Crippen LogP contribution in [-0.2, 0) is 15.0 Å². The molecule has 5 nitrogen and oxygen atoms in total. The van der Waals surface area contributed by atoms with Gasteiger partial charge in [0, 0.05) is 25.2 Å². The Hall–Kier alpha value is -2.04. The fourth-order valence-corrected chi connectivity index (χ4v) is 3.51. The van der Waals surface area contributed by atoms with Crippen molar-refractivity contribution in [2.75, 3.05) is 25.5 Å². The highest BCUT2D eigenvalue weighted by atomic mass is 16.5. The predicted molar refractivity (Wildman–Crippen MR) is 88.6 cm³/mol. The first-order valence-corrected chi connectivity index (χ1v) is 8.03. The highest BCUT2D eigenvalue weighted by Gasteiger charge is 2.52. The van der Waals surface area contributed by atoms with Crippen molar-refractivity contribution in [3.63, 3.8) is 0 Å². The predicted octanol–water partition coefficient (Wildman–Crippen LogP) is 2.55. The molecule has 0 saturated carbocycles. The Bertz CT molecular complexity index is 663. The van der Waals surface area contributed by atoms with Crippen LogP contribution in [0.3, 0.4) is 0 Å². The number of anilines is 1. The zero-order valence-corrected chi connectivity index (χ0v) is 14.2. The molecule has 1 atom stereocenters. The lowest BCUT2D eigenvalue weighted by atomic mass is 9.81. The van der Waals surface area contributed by atoms with Gasteiger partial charge in [-0.05, 0) is 35.6 Å². The van der Waals surface area contributed by atoms with Crippen LogP contribution in [0.4, 0.5) is 5.69 Å². The molecule has 3 rings (SSSR count). The van der Waals surface area contributed by atoms with E-state index in [9.17, 15) is 9.59 Å². The first kappa shape index (κ1) is 15.8. The monoisotopic (exact) mass is 316 g/mol. The third kappa shape index (κ3) is 2.69. The molecular formula is C18H24N2O3. The van der Waals surface area contributed by atoms with Crippen molar-refractivity contribution in [2.45, 2.75) is 39.0 Å². The highest BCUT2D eigenvalue weighted by molar-refractivity contribution is 6.07. The molecule has 0 radical (unpaired) electrons. The van der Waals surface area contributed by atoms with E-state index in [1.807, 2.05) is 23.1 Å². The van der Waals surface area contributed by atoms with Crippen LogP contribution < -0.4 is 10.1 Å². The molecule has 2 heterocycles. The van der Waals surface area contributed by atoms with Gasteiger partial charge in [0.1, 0.15) is 5.75 Å². The second kappa shape index (κ2) is 5.25. The van der Waals surface area contributed by atoms with Crippen LogP contribution >= 0.6 is 0 Å². The Labute approximate surface area is 137 Å². The Morgan fingerprint density at radius 3 is 2.78 bits per heavy atom. The first-order valence-electron chi connectivity index (χ1n) is 8.03. The van der Waals surface area contributed by atoms with Crippen molar-refractivity contribution >= 4 is 17.5 Å². The molecule has 2 aliphatic rings. The normalized spacial score (nSPS) is 23.1. The average Bonchev–Trinajstić information content (AvgIpc) is 3.02. The third-order valence-electron chi connectivity index (χ3n) is 4.73. The Morgan fingerprint density at radius 1 is 1.39 bits per heavy atom. The van der Waals surface area contributed by atoms with Crippen molar-refractivity contribution in [2.24, 2.45) is 5.41 Å². The summed E-state index contributed by atoms with van der Waals surface area (Å²) in [5, 5.41) is 2.96. The van der Waals surface area contributed by atoms with E-state index in [0.29, 0.717) is 25.9 Å². The summed E-state index contributed by atoms with van der Waals surface area (Å²) in [5.74, 6) is 0.851. The van der Waals surface area contributed by atoms with Gasteiger partial charge in [-0.15, -0.1) is 0 Å². The molecule has 0 aromatic heterocycles. The van der Waals surface area contributed by atoms with Crippen molar-refractivity contribution in [1.29, 1.82) is 0 Å². The lowest BCUT2D eigenvalue weighted by Gasteiger charge is -2.25. The van der Waals surface area contributed by atoms with Crippen LogP contribution in [-0.4, -0.2) is 36.9 Å². The topological polar surface area (TPSA) is 58.6 Å². The van der Waals surface area contributed by atoms with E-state index in [2.05, 4.69) is 26.1 Å². The number of nitrogens with zero attached hydrogens (tertiary/aromatic N) is 1. The van der Waals surface area contributed by atoms with Gasteiger partial charge >= 0.3 is 0 Å². The van der Waals surface area contributed by atoms with Gasteiger partial charge in [0.15, 0.2) is 0 Å². The molecule has 1 saturated heterocycles. The fraction of sp³-hybridized carbons (Fsp3) is 0.556. The van der Waals surface area contributed by atoms with Crippen molar-refractivity contribution in [3.8, 4) is 5.75 Å². The maximum Gasteiger partial charge on any atom is 0.237 e. The van der Waals surface area contributed by atoms with Gasteiger partial charge in [0.25, 0.3) is 0 Å². The van der Waals surface area contributed by atoms with Crippen molar-refractivity contribution in [3.05, 3.63) is 23.8 Å². The summed E-state index contributed by atoms with van der Waals surface area (Å²) in [4.78, 5) is 27.0. The molecule has 1 fully saturated rings. The Balaban J connectivity index is 1.87. The molecule has 1 unspecified atom stereocenters. The Morgan fingerprint density at radius 2 is 2.13 bits per heavy atom. The molecule has 5 heteroatoms. The quantitative estimate of drug-likeness (QED) is 0.912. The molecule has 1 aromatic carbocycles. The molecule has 23 heavy (non-hydrogen) atoms. The standard InChI is InChI=1S/C18H24N2O3/c1-17(2,3)10-15(21)20-8-7-18(11-20)13-9-12(23-4)5-6-14(13)19-16(18)22/h5-6,9H,7-8,10-11H2,1-4H3,(H,19,22). The lowest BCUT2D eigenvalue weighted by molar-refractivity contribution is -0.132. The number of rotatable bonds is 2. The van der Waals surface area contributed by atoms with E-state index in [4.69, 9.17) is 4.74 Å². The van der Waals surface area contributed by atoms with Crippen molar-refractivity contribution in [1.82, 2.24) is 4.90 Å². The number of carbonyl (C=O) groups excluding carboxylic acids is 2. The van der Waals surface area contributed by atoms with Gasteiger partial charge in [-0.1, -0.05) is 20.8 Å². The van der Waals surface area contributed by atoms with Gasteiger partial charge in [0.05, 0.1) is 12.5 Å². The minimum absolute atomic E-state index is 0.00758. The zero-order chi connectivity index (χ0) is 16.8. The molecule has 1 spiro atoms. The summed E-state index contributed by atoms with van der Waals surface area (Å²) in [6, 6.07) is 5.64. The number of fused-ring (bicyclic) bond motifs is 2. The van der Waals surface area contributed by atoms with Gasteiger partial charge in [0.2, 0.25) is 11.8 Å². The molecule has 1 aromatic rings. The largest absolute Gasteiger partial charge is 0.497 e. The number of hydrogen-bond donors (Lipinski definition) is 1. The number of amides is 2. The van der Waals surface area contributed by atoms with Gasteiger partial charge in [-0.25, -0.2) is 0 Å². The van der Waals surface area contributed by atoms with E-state index < -0.39 is 5.41 Å². The summed E-state index contributed by atoms with van der Waals surface area (Å²) in [5.41, 5.74) is 1.11. The minimum atomic E-state index is -0.628. The number of hydrogen-bond acceptors (Lipinski definition) is 3. The zero-order valence-electron chi connectivity index (χ0n) is 14.2. The number of methoxy groups -OCH3 is 1. The minimum Gasteiger partial charge on any atom is -0.497 e. The number of ether oxygens (including phenoxy) is 1. The average molecular weight is 316 g/mol. The van der Waals surface area contributed by atoms with E-state index in [1.165, 1.54) is 0 Å². The number of nitrogens with one attached hydrogen (secondary N) is 1. The van der Waals surface area contributed by atoms with Gasteiger partial charge < -0.3 is 15.0 Å². The molecule has 2 amide bonds.